The van der Waals surface area contributed by atoms with Gasteiger partial charge in [0.1, 0.15) is 0 Å². The molecule has 2 heteroatoms. The fourth-order valence-electron chi connectivity index (χ4n) is 5.39. The van der Waals surface area contributed by atoms with Crippen molar-refractivity contribution in [3.05, 3.63) is 0 Å². The summed E-state index contributed by atoms with van der Waals surface area (Å²) in [7, 11) is 0. The summed E-state index contributed by atoms with van der Waals surface area (Å²) in [6.45, 7) is 6.76. The standard InChI is InChI=1S/C15H26O2/c1-13(2)7-10-12(13)11(16)8-14(3)5-4-6-15(10,17)9-14/h10-12,16-17H,4-9H2,1-3H3/t10-,11-,12-,14-,15+/m0/s1. The molecule has 0 unspecified atom stereocenters. The van der Waals surface area contributed by atoms with Gasteiger partial charge in [0.05, 0.1) is 11.7 Å². The lowest BCUT2D eigenvalue weighted by Gasteiger charge is -2.58. The Labute approximate surface area is 104 Å². The van der Waals surface area contributed by atoms with E-state index < -0.39 is 5.60 Å². The smallest absolute Gasteiger partial charge is 0.0685 e. The molecular formula is C15H26O2. The monoisotopic (exact) mass is 238 g/mol. The molecule has 3 aliphatic carbocycles. The second-order valence-corrected chi connectivity index (χ2v) is 8.04. The van der Waals surface area contributed by atoms with E-state index in [9.17, 15) is 10.2 Å². The number of fused-ring (bicyclic) bond motifs is 4. The number of aliphatic hydroxyl groups excluding tert-OH is 1. The van der Waals surface area contributed by atoms with Gasteiger partial charge in [-0.15, -0.1) is 0 Å². The third-order valence-electron chi connectivity index (χ3n) is 6.01. The van der Waals surface area contributed by atoms with Crippen LogP contribution >= 0.6 is 0 Å². The van der Waals surface area contributed by atoms with Crippen LogP contribution in [0.1, 0.15) is 59.3 Å². The van der Waals surface area contributed by atoms with E-state index in [4.69, 9.17) is 0 Å². The maximum Gasteiger partial charge on any atom is 0.0685 e. The number of rotatable bonds is 0. The van der Waals surface area contributed by atoms with Crippen molar-refractivity contribution in [2.75, 3.05) is 0 Å². The zero-order valence-corrected chi connectivity index (χ0v) is 11.4. The summed E-state index contributed by atoms with van der Waals surface area (Å²) in [6, 6.07) is 0. The van der Waals surface area contributed by atoms with Crippen LogP contribution in [0.3, 0.4) is 0 Å². The van der Waals surface area contributed by atoms with Crippen LogP contribution in [0.2, 0.25) is 0 Å². The Balaban J connectivity index is 1.98. The van der Waals surface area contributed by atoms with Crippen molar-refractivity contribution in [1.82, 2.24) is 0 Å². The Morgan fingerprint density at radius 3 is 2.41 bits per heavy atom. The largest absolute Gasteiger partial charge is 0.393 e. The first-order valence-electron chi connectivity index (χ1n) is 7.16. The summed E-state index contributed by atoms with van der Waals surface area (Å²) >= 11 is 0. The molecule has 0 aromatic heterocycles. The maximum absolute atomic E-state index is 11.0. The van der Waals surface area contributed by atoms with Crippen LogP contribution in [0, 0.1) is 22.7 Å². The molecule has 3 saturated carbocycles. The molecular weight excluding hydrogens is 212 g/mol. The molecule has 98 valence electrons. The van der Waals surface area contributed by atoms with Gasteiger partial charge in [0.2, 0.25) is 0 Å². The van der Waals surface area contributed by atoms with Crippen molar-refractivity contribution in [1.29, 1.82) is 0 Å². The molecule has 0 saturated heterocycles. The highest BCUT2D eigenvalue weighted by molar-refractivity contribution is 5.12. The molecule has 3 rings (SSSR count). The SMILES string of the molecule is CC1(C)C[C@H]2[C@H]1[C@@H](O)C[C@]1(C)CCC[C@@]2(O)C1. The van der Waals surface area contributed by atoms with E-state index in [0.717, 1.165) is 32.1 Å². The Kier molecular flexibility index (Phi) is 2.30. The average Bonchev–Trinajstić information content (AvgIpc) is 2.16. The van der Waals surface area contributed by atoms with E-state index in [1.54, 1.807) is 0 Å². The number of hydrogen-bond acceptors (Lipinski definition) is 2. The Morgan fingerprint density at radius 1 is 1.06 bits per heavy atom. The molecule has 2 nitrogen and oxygen atoms in total. The first-order valence-corrected chi connectivity index (χ1v) is 7.16. The summed E-state index contributed by atoms with van der Waals surface area (Å²) < 4.78 is 0. The van der Waals surface area contributed by atoms with Gasteiger partial charge in [0.15, 0.2) is 0 Å². The quantitative estimate of drug-likeness (QED) is 0.681. The summed E-state index contributed by atoms with van der Waals surface area (Å²) in [4.78, 5) is 0. The van der Waals surface area contributed by atoms with Gasteiger partial charge < -0.3 is 10.2 Å². The molecule has 5 atom stereocenters. The Morgan fingerprint density at radius 2 is 1.76 bits per heavy atom. The van der Waals surface area contributed by atoms with E-state index in [1.165, 1.54) is 6.42 Å². The van der Waals surface area contributed by atoms with Crippen LogP contribution in [0.25, 0.3) is 0 Å². The van der Waals surface area contributed by atoms with Gasteiger partial charge in [-0.2, -0.15) is 0 Å². The van der Waals surface area contributed by atoms with Gasteiger partial charge >= 0.3 is 0 Å². The van der Waals surface area contributed by atoms with E-state index >= 15 is 0 Å². The highest BCUT2D eigenvalue weighted by Crippen LogP contribution is 2.64. The van der Waals surface area contributed by atoms with E-state index in [1.807, 2.05) is 0 Å². The van der Waals surface area contributed by atoms with E-state index in [2.05, 4.69) is 20.8 Å². The summed E-state index contributed by atoms with van der Waals surface area (Å²) in [5, 5.41) is 21.5. The van der Waals surface area contributed by atoms with Crippen LogP contribution in [-0.4, -0.2) is 21.9 Å². The van der Waals surface area contributed by atoms with Crippen molar-refractivity contribution in [2.45, 2.75) is 71.0 Å². The summed E-state index contributed by atoms with van der Waals surface area (Å²) in [6.07, 6.45) is 5.93. The topological polar surface area (TPSA) is 40.5 Å². The van der Waals surface area contributed by atoms with E-state index in [-0.39, 0.29) is 16.9 Å². The first-order chi connectivity index (χ1) is 7.76. The number of hydrogen-bond donors (Lipinski definition) is 2. The van der Waals surface area contributed by atoms with Gasteiger partial charge in [-0.05, 0) is 54.8 Å². The van der Waals surface area contributed by atoms with Crippen molar-refractivity contribution in [2.24, 2.45) is 22.7 Å². The average molecular weight is 238 g/mol. The molecule has 0 aliphatic heterocycles. The van der Waals surface area contributed by atoms with Gasteiger partial charge in [-0.25, -0.2) is 0 Å². The Hall–Kier alpha value is -0.0800. The van der Waals surface area contributed by atoms with Gasteiger partial charge in [-0.3, -0.25) is 0 Å². The fraction of sp³-hybridized carbons (Fsp3) is 1.00. The van der Waals surface area contributed by atoms with Crippen molar-refractivity contribution >= 4 is 0 Å². The van der Waals surface area contributed by atoms with Crippen molar-refractivity contribution in [3.63, 3.8) is 0 Å². The molecule has 0 aromatic rings. The molecule has 2 bridgehead atoms. The lowest BCUT2D eigenvalue weighted by atomic mass is 9.49. The predicted octanol–water partition coefficient (Wildman–Crippen LogP) is 2.72. The second kappa shape index (κ2) is 3.27. The van der Waals surface area contributed by atoms with Crippen LogP contribution in [-0.2, 0) is 0 Å². The zero-order chi connectivity index (χ0) is 12.5. The molecule has 3 aliphatic rings. The minimum Gasteiger partial charge on any atom is -0.393 e. The summed E-state index contributed by atoms with van der Waals surface area (Å²) in [5.74, 6) is 0.655. The first kappa shape index (κ1) is 12.0. The lowest BCUT2D eigenvalue weighted by molar-refractivity contribution is -0.180. The van der Waals surface area contributed by atoms with Crippen LogP contribution in [0.5, 0.6) is 0 Å². The molecule has 17 heavy (non-hydrogen) atoms. The summed E-state index contributed by atoms with van der Waals surface area (Å²) in [5.41, 5.74) is -0.0991. The van der Waals surface area contributed by atoms with Crippen molar-refractivity contribution in [3.8, 4) is 0 Å². The fourth-order valence-corrected chi connectivity index (χ4v) is 5.39. The maximum atomic E-state index is 11.0. The highest BCUT2D eigenvalue weighted by atomic mass is 16.3. The van der Waals surface area contributed by atoms with Gasteiger partial charge in [0, 0.05) is 0 Å². The molecule has 0 heterocycles. The van der Waals surface area contributed by atoms with Crippen LogP contribution < -0.4 is 0 Å². The minimum absolute atomic E-state index is 0.167. The normalized spacial score (nSPS) is 56.6. The second-order valence-electron chi connectivity index (χ2n) is 8.04. The number of aliphatic hydroxyl groups is 2. The lowest BCUT2D eigenvalue weighted by Crippen LogP contribution is -2.58. The molecule has 2 N–H and O–H groups in total. The van der Waals surface area contributed by atoms with Crippen LogP contribution in [0.4, 0.5) is 0 Å². The van der Waals surface area contributed by atoms with E-state index in [0.29, 0.717) is 11.8 Å². The molecule has 0 radical (unpaired) electrons. The van der Waals surface area contributed by atoms with Gasteiger partial charge in [-0.1, -0.05) is 27.2 Å². The van der Waals surface area contributed by atoms with Crippen molar-refractivity contribution < 1.29 is 10.2 Å². The Bertz CT molecular complexity index is 338. The molecule has 3 fully saturated rings. The van der Waals surface area contributed by atoms with Crippen LogP contribution in [0.15, 0.2) is 0 Å². The third kappa shape index (κ3) is 1.60. The minimum atomic E-state index is -0.481. The zero-order valence-electron chi connectivity index (χ0n) is 11.4. The molecule has 0 amide bonds. The molecule has 0 aromatic carbocycles. The molecule has 0 spiro atoms. The van der Waals surface area contributed by atoms with Gasteiger partial charge in [0.25, 0.3) is 0 Å². The highest BCUT2D eigenvalue weighted by Gasteiger charge is 2.62. The third-order valence-corrected chi connectivity index (χ3v) is 6.01. The predicted molar refractivity (Wildman–Crippen MR) is 67.5 cm³/mol.